The largest absolute Gasteiger partial charge is 0.469 e. The summed E-state index contributed by atoms with van der Waals surface area (Å²) in [6.07, 6.45) is -3.48. The van der Waals surface area contributed by atoms with E-state index >= 15 is 0 Å². The van der Waals surface area contributed by atoms with Crippen molar-refractivity contribution in [3.63, 3.8) is 0 Å². The molecule has 0 amide bonds. The highest BCUT2D eigenvalue weighted by atomic mass is 35.5. The lowest BCUT2D eigenvalue weighted by atomic mass is 10.1. The van der Waals surface area contributed by atoms with Crippen molar-refractivity contribution in [1.82, 2.24) is 4.98 Å². The van der Waals surface area contributed by atoms with Gasteiger partial charge in [-0.15, -0.1) is 0 Å². The quantitative estimate of drug-likeness (QED) is 0.614. The van der Waals surface area contributed by atoms with Crippen molar-refractivity contribution in [2.24, 2.45) is 0 Å². The third kappa shape index (κ3) is 2.85. The van der Waals surface area contributed by atoms with Crippen LogP contribution >= 0.6 is 11.6 Å². The zero-order valence-electron chi connectivity index (χ0n) is 8.14. The van der Waals surface area contributed by atoms with Crippen molar-refractivity contribution >= 4 is 17.6 Å². The monoisotopic (exact) mass is 253 g/mol. The summed E-state index contributed by atoms with van der Waals surface area (Å²) in [5.41, 5.74) is -1.06. The molecule has 0 aliphatic heterocycles. The molecule has 0 unspecified atom stereocenters. The number of alkyl halides is 2. The van der Waals surface area contributed by atoms with Crippen LogP contribution < -0.4 is 0 Å². The first-order chi connectivity index (χ1) is 7.45. The fraction of sp³-hybridized carbons (Fsp3) is 0.333. The first-order valence-corrected chi connectivity index (χ1v) is 4.53. The highest BCUT2D eigenvalue weighted by molar-refractivity contribution is 6.31. The maximum Gasteiger partial charge on any atom is 0.310 e. The van der Waals surface area contributed by atoms with Gasteiger partial charge in [-0.25, -0.2) is 13.8 Å². The van der Waals surface area contributed by atoms with E-state index in [1.54, 1.807) is 0 Å². The lowest BCUT2D eigenvalue weighted by molar-refractivity contribution is -0.139. The normalized spacial score (nSPS) is 10.6. The molecule has 1 heterocycles. The van der Waals surface area contributed by atoms with Crippen LogP contribution in [0.4, 0.5) is 13.2 Å². The molecule has 0 saturated carbocycles. The molecule has 1 aromatic heterocycles. The minimum Gasteiger partial charge on any atom is -0.469 e. The van der Waals surface area contributed by atoms with Crippen LogP contribution in [0.15, 0.2) is 6.07 Å². The van der Waals surface area contributed by atoms with Gasteiger partial charge in [0.2, 0.25) is 5.95 Å². The van der Waals surface area contributed by atoms with E-state index in [2.05, 4.69) is 9.72 Å². The lowest BCUT2D eigenvalue weighted by Crippen LogP contribution is -2.10. The number of methoxy groups -OCH3 is 1. The molecule has 0 fully saturated rings. The molecule has 3 nitrogen and oxygen atoms in total. The average Bonchev–Trinajstić information content (AvgIpc) is 2.20. The van der Waals surface area contributed by atoms with Crippen LogP contribution in [0.1, 0.15) is 17.7 Å². The van der Waals surface area contributed by atoms with Crippen LogP contribution in [0.5, 0.6) is 0 Å². The molecule has 1 rings (SSSR count). The molecule has 0 bridgehead atoms. The highest BCUT2D eigenvalue weighted by Crippen LogP contribution is 2.27. The minimum atomic E-state index is -3.01. The van der Waals surface area contributed by atoms with Crippen molar-refractivity contribution < 1.29 is 22.7 Å². The van der Waals surface area contributed by atoms with Gasteiger partial charge < -0.3 is 4.74 Å². The van der Waals surface area contributed by atoms with Crippen LogP contribution in [0.25, 0.3) is 0 Å². The molecule has 0 aromatic carbocycles. The van der Waals surface area contributed by atoms with E-state index in [1.165, 1.54) is 0 Å². The summed E-state index contributed by atoms with van der Waals surface area (Å²) < 4.78 is 42.1. The number of nitrogens with zero attached hydrogens (tertiary/aromatic N) is 1. The number of carbonyl (C=O) groups is 1. The summed E-state index contributed by atoms with van der Waals surface area (Å²) >= 11 is 5.56. The van der Waals surface area contributed by atoms with E-state index in [1.807, 2.05) is 0 Å². The second kappa shape index (κ2) is 5.16. The van der Waals surface area contributed by atoms with Crippen molar-refractivity contribution in [1.29, 1.82) is 0 Å². The number of esters is 1. The summed E-state index contributed by atoms with van der Waals surface area (Å²) in [7, 11) is 1.11. The van der Waals surface area contributed by atoms with Gasteiger partial charge in [-0.05, 0) is 0 Å². The number of carbonyl (C=O) groups excluding carboxylic acids is 1. The van der Waals surface area contributed by atoms with Crippen LogP contribution in [0, 0.1) is 5.95 Å². The average molecular weight is 254 g/mol. The Kier molecular flexibility index (Phi) is 4.12. The predicted molar refractivity (Wildman–Crippen MR) is 49.9 cm³/mol. The fourth-order valence-electron chi connectivity index (χ4n) is 1.10. The Bertz CT molecular complexity index is 412. The van der Waals surface area contributed by atoms with E-state index in [0.717, 1.165) is 13.2 Å². The van der Waals surface area contributed by atoms with Gasteiger partial charge in [0.25, 0.3) is 6.43 Å². The number of pyridine rings is 1. The van der Waals surface area contributed by atoms with E-state index in [0.29, 0.717) is 0 Å². The Hall–Kier alpha value is -1.30. The number of hydrogen-bond donors (Lipinski definition) is 0. The van der Waals surface area contributed by atoms with Crippen molar-refractivity contribution in [3.05, 3.63) is 28.3 Å². The molecule has 0 spiro atoms. The third-order valence-corrected chi connectivity index (χ3v) is 2.16. The van der Waals surface area contributed by atoms with Crippen molar-refractivity contribution in [2.45, 2.75) is 12.8 Å². The zero-order valence-corrected chi connectivity index (χ0v) is 8.89. The first kappa shape index (κ1) is 12.8. The van der Waals surface area contributed by atoms with Gasteiger partial charge in [-0.2, -0.15) is 4.39 Å². The summed E-state index contributed by atoms with van der Waals surface area (Å²) in [6, 6.07) is 0.770. The Morgan fingerprint density at radius 3 is 2.75 bits per heavy atom. The number of rotatable bonds is 3. The second-order valence-corrected chi connectivity index (χ2v) is 3.25. The molecule has 0 radical (unpaired) electrons. The van der Waals surface area contributed by atoms with Gasteiger partial charge in [0.05, 0.1) is 18.6 Å². The summed E-state index contributed by atoms with van der Waals surface area (Å²) in [4.78, 5) is 14.0. The Balaban J connectivity index is 3.19. The van der Waals surface area contributed by atoms with E-state index in [4.69, 9.17) is 11.6 Å². The SMILES string of the molecule is COC(=O)Cc1c(Cl)cc(F)nc1C(F)F. The van der Waals surface area contributed by atoms with E-state index in [9.17, 15) is 18.0 Å². The fourth-order valence-corrected chi connectivity index (χ4v) is 1.35. The Labute approximate surface area is 94.2 Å². The molecule has 7 heteroatoms. The van der Waals surface area contributed by atoms with Crippen molar-refractivity contribution in [2.75, 3.05) is 7.11 Å². The molecule has 0 aliphatic rings. The smallest absolute Gasteiger partial charge is 0.310 e. The summed E-state index contributed by atoms with van der Waals surface area (Å²) in [5.74, 6) is -1.87. The van der Waals surface area contributed by atoms with Crippen LogP contribution in [-0.4, -0.2) is 18.1 Å². The minimum absolute atomic E-state index is 0.218. The van der Waals surface area contributed by atoms with Gasteiger partial charge in [0, 0.05) is 11.6 Å². The molecule has 0 saturated heterocycles. The van der Waals surface area contributed by atoms with Gasteiger partial charge in [0.15, 0.2) is 0 Å². The Morgan fingerprint density at radius 1 is 1.62 bits per heavy atom. The van der Waals surface area contributed by atoms with Gasteiger partial charge in [-0.3, -0.25) is 4.79 Å². The van der Waals surface area contributed by atoms with Gasteiger partial charge in [-0.1, -0.05) is 11.6 Å². The van der Waals surface area contributed by atoms with E-state index in [-0.39, 0.29) is 10.6 Å². The molecule has 88 valence electrons. The number of halogens is 4. The third-order valence-electron chi connectivity index (χ3n) is 1.83. The summed E-state index contributed by atoms with van der Waals surface area (Å²) in [6.45, 7) is 0. The number of aromatic nitrogens is 1. The van der Waals surface area contributed by atoms with E-state index < -0.39 is 30.5 Å². The number of hydrogen-bond acceptors (Lipinski definition) is 3. The maximum atomic E-state index is 12.7. The van der Waals surface area contributed by atoms with Gasteiger partial charge in [0.1, 0.15) is 5.69 Å². The predicted octanol–water partition coefficient (Wildman–Crippen LogP) is 2.53. The van der Waals surface area contributed by atoms with Crippen LogP contribution in [0.3, 0.4) is 0 Å². The second-order valence-electron chi connectivity index (χ2n) is 2.84. The maximum absolute atomic E-state index is 12.7. The highest BCUT2D eigenvalue weighted by Gasteiger charge is 2.21. The van der Waals surface area contributed by atoms with Crippen LogP contribution in [-0.2, 0) is 16.0 Å². The molecule has 0 aliphatic carbocycles. The molecule has 1 aromatic rings. The zero-order chi connectivity index (χ0) is 12.3. The molecular weight excluding hydrogens is 247 g/mol. The number of ether oxygens (including phenoxy) is 1. The summed E-state index contributed by atoms with van der Waals surface area (Å²) in [5, 5.41) is -0.270. The first-order valence-electron chi connectivity index (χ1n) is 4.15. The van der Waals surface area contributed by atoms with Crippen molar-refractivity contribution in [3.8, 4) is 0 Å². The standard InChI is InChI=1S/C9H7ClF3NO2/c1-16-7(15)2-4-5(10)3-6(11)14-8(4)9(12)13/h3,9H,2H2,1H3. The molecule has 16 heavy (non-hydrogen) atoms. The molecule has 0 atom stereocenters. The van der Waals surface area contributed by atoms with Crippen LogP contribution in [0.2, 0.25) is 5.02 Å². The molecular formula is C9H7ClF3NO2. The molecule has 0 N–H and O–H groups in total. The Morgan fingerprint density at radius 2 is 2.25 bits per heavy atom. The lowest BCUT2D eigenvalue weighted by Gasteiger charge is -2.09. The van der Waals surface area contributed by atoms with Gasteiger partial charge >= 0.3 is 5.97 Å². The topological polar surface area (TPSA) is 39.2 Å².